The molecule has 3 nitrogen and oxygen atoms in total. The van der Waals surface area contributed by atoms with Crippen molar-refractivity contribution in [1.82, 2.24) is 0 Å². The lowest BCUT2D eigenvalue weighted by molar-refractivity contribution is 0.0696. The maximum atomic E-state index is 10.7. The van der Waals surface area contributed by atoms with Crippen LogP contribution in [0.15, 0.2) is 24.3 Å². The largest absolute Gasteiger partial charge is 0.478 e. The zero-order valence-corrected chi connectivity index (χ0v) is 13.9. The first-order valence-corrected chi connectivity index (χ1v) is 8.64. The third kappa shape index (κ3) is 8.83. The Hall–Kier alpha value is -1.35. The van der Waals surface area contributed by atoms with Gasteiger partial charge in [0.05, 0.1) is 12.2 Å². The molecule has 3 heteroatoms. The molecule has 1 aromatic rings. The molecule has 0 spiro atoms. The molecular weight excluding hydrogens is 276 g/mol. The van der Waals surface area contributed by atoms with Crippen LogP contribution in [0.2, 0.25) is 0 Å². The fraction of sp³-hybridized carbons (Fsp3) is 0.632. The molecule has 0 fully saturated rings. The molecule has 0 aromatic heterocycles. The molecular formula is C19H30O3. The number of carboxylic acid groups (broad SMARTS) is 1. The number of hydrogen-bond acceptors (Lipinski definition) is 2. The molecule has 0 aliphatic heterocycles. The van der Waals surface area contributed by atoms with E-state index in [9.17, 15) is 4.79 Å². The molecule has 0 heterocycles. The second kappa shape index (κ2) is 12.2. The van der Waals surface area contributed by atoms with Gasteiger partial charge < -0.3 is 9.84 Å². The summed E-state index contributed by atoms with van der Waals surface area (Å²) < 4.78 is 5.63. The van der Waals surface area contributed by atoms with E-state index in [-0.39, 0.29) is 0 Å². The topological polar surface area (TPSA) is 46.5 Å². The van der Waals surface area contributed by atoms with E-state index in [1.807, 2.05) is 12.1 Å². The summed E-state index contributed by atoms with van der Waals surface area (Å²) >= 11 is 0. The number of unbranched alkanes of at least 4 members (excludes halogenated alkanes) is 8. The van der Waals surface area contributed by atoms with E-state index in [0.717, 1.165) is 18.6 Å². The van der Waals surface area contributed by atoms with Gasteiger partial charge in [0.2, 0.25) is 0 Å². The highest BCUT2D eigenvalue weighted by Gasteiger charge is 2.01. The monoisotopic (exact) mass is 306 g/mol. The van der Waals surface area contributed by atoms with E-state index in [4.69, 9.17) is 9.84 Å². The Morgan fingerprint density at radius 1 is 0.909 bits per heavy atom. The first-order valence-electron chi connectivity index (χ1n) is 8.64. The molecule has 0 bridgehead atoms. The van der Waals surface area contributed by atoms with Crippen molar-refractivity contribution in [3.63, 3.8) is 0 Å². The van der Waals surface area contributed by atoms with Crippen molar-refractivity contribution < 1.29 is 14.6 Å². The van der Waals surface area contributed by atoms with Crippen LogP contribution in [0.25, 0.3) is 0 Å². The lowest BCUT2D eigenvalue weighted by Gasteiger charge is -2.05. The van der Waals surface area contributed by atoms with Gasteiger partial charge in [-0.15, -0.1) is 0 Å². The summed E-state index contributed by atoms with van der Waals surface area (Å²) in [5.74, 6) is -0.887. The predicted octanol–water partition coefficient (Wildman–Crippen LogP) is 5.43. The summed E-state index contributed by atoms with van der Waals surface area (Å²) in [5.41, 5.74) is 1.35. The van der Waals surface area contributed by atoms with E-state index in [0.29, 0.717) is 12.2 Å². The van der Waals surface area contributed by atoms with Crippen molar-refractivity contribution in [3.8, 4) is 0 Å². The van der Waals surface area contributed by atoms with Crippen LogP contribution in [0.3, 0.4) is 0 Å². The third-order valence-electron chi connectivity index (χ3n) is 3.86. The first kappa shape index (κ1) is 18.7. The number of benzene rings is 1. The zero-order valence-electron chi connectivity index (χ0n) is 13.9. The zero-order chi connectivity index (χ0) is 16.0. The molecule has 0 aliphatic carbocycles. The fourth-order valence-electron chi connectivity index (χ4n) is 2.45. The minimum Gasteiger partial charge on any atom is -0.478 e. The Bertz CT molecular complexity index is 398. The highest BCUT2D eigenvalue weighted by molar-refractivity contribution is 5.87. The van der Waals surface area contributed by atoms with Crippen molar-refractivity contribution in [2.45, 2.75) is 71.3 Å². The van der Waals surface area contributed by atoms with Crippen molar-refractivity contribution in [2.75, 3.05) is 6.61 Å². The number of aromatic carboxylic acids is 1. The van der Waals surface area contributed by atoms with Gasteiger partial charge in [-0.1, -0.05) is 70.4 Å². The van der Waals surface area contributed by atoms with Crippen LogP contribution in [0.5, 0.6) is 0 Å². The maximum Gasteiger partial charge on any atom is 0.335 e. The number of carbonyl (C=O) groups is 1. The molecule has 0 unspecified atom stereocenters. The quantitative estimate of drug-likeness (QED) is 0.494. The van der Waals surface area contributed by atoms with Crippen molar-refractivity contribution in [3.05, 3.63) is 35.4 Å². The normalized spacial score (nSPS) is 10.8. The van der Waals surface area contributed by atoms with Crippen LogP contribution in [-0.4, -0.2) is 17.7 Å². The Morgan fingerprint density at radius 3 is 2.00 bits per heavy atom. The minimum absolute atomic E-state index is 0.322. The molecule has 1 aromatic carbocycles. The SMILES string of the molecule is CCCCCCCCCCCOCc1ccc(C(=O)O)cc1. The lowest BCUT2D eigenvalue weighted by atomic mass is 10.1. The second-order valence-corrected chi connectivity index (χ2v) is 5.88. The molecule has 1 N–H and O–H groups in total. The van der Waals surface area contributed by atoms with Crippen LogP contribution >= 0.6 is 0 Å². The number of carboxylic acids is 1. The predicted molar refractivity (Wildman–Crippen MR) is 90.3 cm³/mol. The lowest BCUT2D eigenvalue weighted by Crippen LogP contribution is -1.98. The first-order chi connectivity index (χ1) is 10.7. The van der Waals surface area contributed by atoms with Crippen LogP contribution in [0, 0.1) is 0 Å². The van der Waals surface area contributed by atoms with E-state index >= 15 is 0 Å². The molecule has 124 valence electrons. The Balaban J connectivity index is 1.94. The average molecular weight is 306 g/mol. The molecule has 22 heavy (non-hydrogen) atoms. The fourth-order valence-corrected chi connectivity index (χ4v) is 2.45. The van der Waals surface area contributed by atoms with Gasteiger partial charge in [-0.25, -0.2) is 4.79 Å². The summed E-state index contributed by atoms with van der Waals surface area (Å²) in [6.45, 7) is 3.61. The van der Waals surface area contributed by atoms with E-state index in [2.05, 4.69) is 6.92 Å². The molecule has 0 radical (unpaired) electrons. The Labute approximate surface area is 134 Å². The molecule has 1 rings (SSSR count). The smallest absolute Gasteiger partial charge is 0.335 e. The van der Waals surface area contributed by atoms with Gasteiger partial charge >= 0.3 is 5.97 Å². The Morgan fingerprint density at radius 2 is 1.45 bits per heavy atom. The Kier molecular flexibility index (Phi) is 10.4. The summed E-state index contributed by atoms with van der Waals surface area (Å²) in [6.07, 6.45) is 11.8. The van der Waals surface area contributed by atoms with Crippen LogP contribution < -0.4 is 0 Å². The van der Waals surface area contributed by atoms with Gasteiger partial charge in [0, 0.05) is 6.61 Å². The molecule has 0 saturated heterocycles. The number of rotatable bonds is 13. The van der Waals surface area contributed by atoms with Crippen LogP contribution in [-0.2, 0) is 11.3 Å². The van der Waals surface area contributed by atoms with Crippen LogP contribution in [0.1, 0.15) is 80.6 Å². The van der Waals surface area contributed by atoms with E-state index < -0.39 is 5.97 Å². The van der Waals surface area contributed by atoms with E-state index in [1.54, 1.807) is 12.1 Å². The van der Waals surface area contributed by atoms with Gasteiger partial charge in [-0.3, -0.25) is 0 Å². The minimum atomic E-state index is -0.887. The summed E-state index contributed by atoms with van der Waals surface area (Å²) in [7, 11) is 0. The van der Waals surface area contributed by atoms with Gasteiger partial charge in [0.15, 0.2) is 0 Å². The average Bonchev–Trinajstić information content (AvgIpc) is 2.53. The van der Waals surface area contributed by atoms with Crippen molar-refractivity contribution >= 4 is 5.97 Å². The number of hydrogen-bond donors (Lipinski definition) is 1. The summed E-state index contributed by atoms with van der Waals surface area (Å²) in [5, 5.41) is 8.82. The van der Waals surface area contributed by atoms with Gasteiger partial charge in [-0.05, 0) is 24.1 Å². The standard InChI is InChI=1S/C19H30O3/c1-2-3-4-5-6-7-8-9-10-15-22-16-17-11-13-18(14-12-17)19(20)21/h11-14H,2-10,15-16H2,1H3,(H,20,21). The number of ether oxygens (including phenoxy) is 1. The third-order valence-corrected chi connectivity index (χ3v) is 3.86. The van der Waals surface area contributed by atoms with Gasteiger partial charge in [-0.2, -0.15) is 0 Å². The van der Waals surface area contributed by atoms with Gasteiger partial charge in [0.1, 0.15) is 0 Å². The second-order valence-electron chi connectivity index (χ2n) is 5.88. The molecule has 0 amide bonds. The maximum absolute atomic E-state index is 10.7. The van der Waals surface area contributed by atoms with Gasteiger partial charge in [0.25, 0.3) is 0 Å². The highest BCUT2D eigenvalue weighted by atomic mass is 16.5. The summed E-state index contributed by atoms with van der Waals surface area (Å²) in [6, 6.07) is 6.89. The van der Waals surface area contributed by atoms with Crippen molar-refractivity contribution in [1.29, 1.82) is 0 Å². The van der Waals surface area contributed by atoms with E-state index in [1.165, 1.54) is 51.4 Å². The molecule has 0 atom stereocenters. The van der Waals surface area contributed by atoms with Crippen LogP contribution in [0.4, 0.5) is 0 Å². The summed E-state index contributed by atoms with van der Waals surface area (Å²) in [4.78, 5) is 10.7. The van der Waals surface area contributed by atoms with Crippen molar-refractivity contribution in [2.24, 2.45) is 0 Å². The molecule has 0 saturated carbocycles. The highest BCUT2D eigenvalue weighted by Crippen LogP contribution is 2.10. The molecule has 0 aliphatic rings.